The zero-order valence-electron chi connectivity index (χ0n) is 13.1. The summed E-state index contributed by atoms with van der Waals surface area (Å²) in [6, 6.07) is 7.09. The first-order valence-electron chi connectivity index (χ1n) is 7.43. The summed E-state index contributed by atoms with van der Waals surface area (Å²) < 4.78 is 1.43. The molecule has 0 saturated carbocycles. The number of nitrogens with zero attached hydrogens (tertiary/aromatic N) is 2. The van der Waals surface area contributed by atoms with Crippen molar-refractivity contribution in [2.75, 3.05) is 0 Å². The van der Waals surface area contributed by atoms with Crippen molar-refractivity contribution in [3.05, 3.63) is 40.0 Å². The summed E-state index contributed by atoms with van der Waals surface area (Å²) in [5, 5.41) is 9.35. The zero-order chi connectivity index (χ0) is 16.1. The van der Waals surface area contributed by atoms with E-state index in [1.54, 1.807) is 17.4 Å². The second-order valence-corrected chi connectivity index (χ2v) is 6.43. The smallest absolute Gasteiger partial charge is 0.266 e. The van der Waals surface area contributed by atoms with E-state index in [1.165, 1.54) is 10.7 Å². The first-order chi connectivity index (χ1) is 10.5. The molecule has 2 heterocycles. The summed E-state index contributed by atoms with van der Waals surface area (Å²) in [5.41, 5.74) is 0.622. The molecule has 0 aliphatic rings. The van der Waals surface area contributed by atoms with Crippen LogP contribution in [0.25, 0.3) is 10.6 Å². The van der Waals surface area contributed by atoms with Crippen molar-refractivity contribution < 1.29 is 4.79 Å². The van der Waals surface area contributed by atoms with Crippen molar-refractivity contribution in [1.82, 2.24) is 15.1 Å². The van der Waals surface area contributed by atoms with Gasteiger partial charge in [0.05, 0.1) is 11.4 Å². The van der Waals surface area contributed by atoms with Crippen LogP contribution in [0, 0.1) is 5.92 Å². The van der Waals surface area contributed by atoms with E-state index in [0.717, 1.165) is 17.0 Å². The molecule has 118 valence electrons. The lowest BCUT2D eigenvalue weighted by Gasteiger charge is -2.19. The molecular weight excluding hydrogens is 298 g/mol. The van der Waals surface area contributed by atoms with Gasteiger partial charge in [-0.1, -0.05) is 26.8 Å². The minimum Gasteiger partial charge on any atom is -0.351 e. The summed E-state index contributed by atoms with van der Waals surface area (Å²) in [4.78, 5) is 24.8. The van der Waals surface area contributed by atoms with Crippen molar-refractivity contribution in [3.63, 3.8) is 0 Å². The van der Waals surface area contributed by atoms with Crippen LogP contribution in [0.4, 0.5) is 0 Å². The van der Waals surface area contributed by atoms with Crippen molar-refractivity contribution in [2.45, 2.75) is 39.8 Å². The number of rotatable bonds is 6. The monoisotopic (exact) mass is 319 g/mol. The molecule has 1 N–H and O–H groups in total. The third-order valence-corrected chi connectivity index (χ3v) is 4.29. The van der Waals surface area contributed by atoms with Crippen LogP contribution in [-0.4, -0.2) is 21.7 Å². The predicted octanol–water partition coefficient (Wildman–Crippen LogP) is 2.52. The van der Waals surface area contributed by atoms with E-state index in [1.807, 2.05) is 38.3 Å². The van der Waals surface area contributed by atoms with Crippen LogP contribution >= 0.6 is 11.3 Å². The molecule has 0 aromatic carbocycles. The lowest BCUT2D eigenvalue weighted by Crippen LogP contribution is -2.42. The highest BCUT2D eigenvalue weighted by Gasteiger charge is 2.15. The van der Waals surface area contributed by atoms with E-state index in [-0.39, 0.29) is 23.4 Å². The number of nitrogens with one attached hydrogen (secondary N) is 1. The summed E-state index contributed by atoms with van der Waals surface area (Å²) >= 11 is 1.58. The number of carbonyl (C=O) groups is 1. The standard InChI is InChI=1S/C16H21N3O2S/c1-4-12(17-16(21)11(2)3)10-19-15(20)8-7-13(18-19)14-6-5-9-22-14/h5-9,11-12H,4,10H2,1-3H3,(H,17,21)/t12-/m1/s1. The van der Waals surface area contributed by atoms with E-state index >= 15 is 0 Å². The Morgan fingerprint density at radius 1 is 1.36 bits per heavy atom. The third kappa shape index (κ3) is 4.04. The Bertz CT molecular complexity index is 677. The van der Waals surface area contributed by atoms with Crippen molar-refractivity contribution in [1.29, 1.82) is 0 Å². The van der Waals surface area contributed by atoms with E-state index < -0.39 is 0 Å². The molecule has 0 aliphatic carbocycles. The normalized spacial score (nSPS) is 12.4. The molecule has 0 unspecified atom stereocenters. The average Bonchev–Trinajstić information content (AvgIpc) is 3.02. The molecular formula is C16H21N3O2S. The molecule has 22 heavy (non-hydrogen) atoms. The van der Waals surface area contributed by atoms with E-state index in [4.69, 9.17) is 0 Å². The Hall–Kier alpha value is -1.95. The molecule has 0 aliphatic heterocycles. The van der Waals surface area contributed by atoms with Gasteiger partial charge in [-0.05, 0) is 23.9 Å². The highest BCUT2D eigenvalue weighted by atomic mass is 32.1. The SMILES string of the molecule is CC[C@H](Cn1nc(-c2cccs2)ccc1=O)NC(=O)C(C)C. The first kappa shape index (κ1) is 16.4. The quantitative estimate of drug-likeness (QED) is 0.890. The van der Waals surface area contributed by atoms with Crippen molar-refractivity contribution in [3.8, 4) is 10.6 Å². The van der Waals surface area contributed by atoms with Gasteiger partial charge in [0.1, 0.15) is 5.69 Å². The predicted molar refractivity (Wildman–Crippen MR) is 88.9 cm³/mol. The number of hydrogen-bond donors (Lipinski definition) is 1. The van der Waals surface area contributed by atoms with Gasteiger partial charge in [0.2, 0.25) is 5.91 Å². The maximum absolute atomic E-state index is 12.0. The summed E-state index contributed by atoms with van der Waals surface area (Å²) in [7, 11) is 0. The number of amides is 1. The Kier molecular flexibility index (Phi) is 5.49. The molecule has 1 atom stereocenters. The highest BCUT2D eigenvalue weighted by molar-refractivity contribution is 7.13. The lowest BCUT2D eigenvalue weighted by molar-refractivity contribution is -0.124. The molecule has 0 spiro atoms. The molecule has 1 amide bonds. The van der Waals surface area contributed by atoms with Gasteiger partial charge >= 0.3 is 0 Å². The minimum absolute atomic E-state index is 0.00527. The first-order valence-corrected chi connectivity index (χ1v) is 8.31. The molecule has 2 aromatic rings. The molecule has 6 heteroatoms. The van der Waals surface area contributed by atoms with Gasteiger partial charge in [-0.25, -0.2) is 4.68 Å². The van der Waals surface area contributed by atoms with Gasteiger partial charge in [0.25, 0.3) is 5.56 Å². The average molecular weight is 319 g/mol. The van der Waals surface area contributed by atoms with Gasteiger partial charge in [-0.3, -0.25) is 9.59 Å². The summed E-state index contributed by atoms with van der Waals surface area (Å²) in [6.07, 6.45) is 0.746. The molecule has 2 rings (SSSR count). The van der Waals surface area contributed by atoms with Gasteiger partial charge < -0.3 is 5.32 Å². The molecule has 0 radical (unpaired) electrons. The Labute approximate surface area is 134 Å². The van der Waals surface area contributed by atoms with Crippen LogP contribution in [0.5, 0.6) is 0 Å². The lowest BCUT2D eigenvalue weighted by atomic mass is 10.1. The Morgan fingerprint density at radius 2 is 2.14 bits per heavy atom. The minimum atomic E-state index is -0.155. The van der Waals surface area contributed by atoms with Crippen molar-refractivity contribution in [2.24, 2.45) is 5.92 Å². The second-order valence-electron chi connectivity index (χ2n) is 5.48. The van der Waals surface area contributed by atoms with Crippen LogP contribution < -0.4 is 10.9 Å². The Morgan fingerprint density at radius 3 is 2.73 bits per heavy atom. The van der Waals surface area contributed by atoms with Gasteiger partial charge in [0.15, 0.2) is 0 Å². The highest BCUT2D eigenvalue weighted by Crippen LogP contribution is 2.21. The molecule has 0 bridgehead atoms. The Balaban J connectivity index is 2.19. The fraction of sp³-hybridized carbons (Fsp3) is 0.438. The van der Waals surface area contributed by atoms with E-state index in [0.29, 0.717) is 6.54 Å². The fourth-order valence-electron chi connectivity index (χ4n) is 1.99. The van der Waals surface area contributed by atoms with Gasteiger partial charge in [0, 0.05) is 18.0 Å². The van der Waals surface area contributed by atoms with Gasteiger partial charge in [-0.15, -0.1) is 11.3 Å². The van der Waals surface area contributed by atoms with Crippen LogP contribution in [0.3, 0.4) is 0 Å². The fourth-order valence-corrected chi connectivity index (χ4v) is 2.68. The van der Waals surface area contributed by atoms with E-state index in [2.05, 4.69) is 10.4 Å². The topological polar surface area (TPSA) is 64.0 Å². The van der Waals surface area contributed by atoms with Crippen LogP contribution in [0.2, 0.25) is 0 Å². The van der Waals surface area contributed by atoms with Crippen LogP contribution in [0.15, 0.2) is 34.4 Å². The second kappa shape index (κ2) is 7.35. The summed E-state index contributed by atoms with van der Waals surface area (Å²) in [6.45, 7) is 6.07. The van der Waals surface area contributed by atoms with Crippen molar-refractivity contribution >= 4 is 17.2 Å². The molecule has 2 aromatic heterocycles. The molecule has 0 fully saturated rings. The maximum atomic E-state index is 12.0. The van der Waals surface area contributed by atoms with E-state index in [9.17, 15) is 9.59 Å². The largest absolute Gasteiger partial charge is 0.351 e. The van der Waals surface area contributed by atoms with Crippen LogP contribution in [0.1, 0.15) is 27.2 Å². The maximum Gasteiger partial charge on any atom is 0.266 e. The number of hydrogen-bond acceptors (Lipinski definition) is 4. The third-order valence-electron chi connectivity index (χ3n) is 3.40. The number of thiophene rings is 1. The van der Waals surface area contributed by atoms with Crippen LogP contribution in [-0.2, 0) is 11.3 Å². The molecule has 0 saturated heterocycles. The number of carbonyl (C=O) groups excluding carboxylic acids is 1. The number of aromatic nitrogens is 2. The van der Waals surface area contributed by atoms with Gasteiger partial charge in [-0.2, -0.15) is 5.10 Å². The summed E-state index contributed by atoms with van der Waals surface area (Å²) in [5.74, 6) is -0.0782. The molecule has 5 nitrogen and oxygen atoms in total. The zero-order valence-corrected chi connectivity index (χ0v) is 13.9.